The van der Waals surface area contributed by atoms with Gasteiger partial charge in [-0.3, -0.25) is 0 Å². The lowest BCUT2D eigenvalue weighted by Gasteiger charge is -1.99. The summed E-state index contributed by atoms with van der Waals surface area (Å²) in [5, 5.41) is 13.8. The van der Waals surface area contributed by atoms with E-state index in [1.807, 2.05) is 6.07 Å². The molecule has 3 heteroatoms. The molecule has 2 N–H and O–H groups in total. The Bertz CT molecular complexity index is 174. The van der Waals surface area contributed by atoms with Crippen molar-refractivity contribution in [1.82, 2.24) is 5.32 Å². The van der Waals surface area contributed by atoms with Crippen molar-refractivity contribution >= 4 is 11.3 Å². The molecule has 1 heterocycles. The van der Waals surface area contributed by atoms with Gasteiger partial charge in [0.25, 0.3) is 0 Å². The van der Waals surface area contributed by atoms with E-state index in [1.54, 1.807) is 11.3 Å². The minimum absolute atomic E-state index is 0.275. The van der Waals surface area contributed by atoms with Crippen LogP contribution in [0.15, 0.2) is 17.5 Å². The Hall–Kier alpha value is -0.380. The van der Waals surface area contributed by atoms with Crippen LogP contribution in [0.1, 0.15) is 11.3 Å². The van der Waals surface area contributed by atoms with E-state index in [4.69, 9.17) is 5.11 Å². The lowest BCUT2D eigenvalue weighted by Crippen LogP contribution is -2.14. The largest absolute Gasteiger partial charge is 0.396 e. The predicted octanol–water partition coefficient (Wildman–Crippen LogP) is 1.22. The standard InChI is InChI=1S/C8H13NOS/c10-5-2-4-9-7-8-3-1-6-11-8/h1,3,6,9-10H,2,4-5,7H2. The first-order valence-electron chi connectivity index (χ1n) is 3.77. The van der Waals surface area contributed by atoms with Crippen LogP contribution in [0.2, 0.25) is 0 Å². The summed E-state index contributed by atoms with van der Waals surface area (Å²) in [6.07, 6.45) is 0.839. The van der Waals surface area contributed by atoms with Crippen LogP contribution in [-0.2, 0) is 6.54 Å². The molecule has 0 atom stereocenters. The van der Waals surface area contributed by atoms with E-state index in [1.165, 1.54) is 4.88 Å². The number of hydrogen-bond donors (Lipinski definition) is 2. The van der Waals surface area contributed by atoms with Crippen LogP contribution in [0.4, 0.5) is 0 Å². The molecular weight excluding hydrogens is 158 g/mol. The van der Waals surface area contributed by atoms with Gasteiger partial charge in [-0.25, -0.2) is 0 Å². The zero-order valence-electron chi connectivity index (χ0n) is 6.42. The molecule has 0 spiro atoms. The molecule has 1 aromatic heterocycles. The maximum atomic E-state index is 8.49. The van der Waals surface area contributed by atoms with Gasteiger partial charge in [0.2, 0.25) is 0 Å². The van der Waals surface area contributed by atoms with Crippen molar-refractivity contribution in [2.45, 2.75) is 13.0 Å². The summed E-state index contributed by atoms with van der Waals surface area (Å²) < 4.78 is 0. The van der Waals surface area contributed by atoms with E-state index >= 15 is 0 Å². The summed E-state index contributed by atoms with van der Waals surface area (Å²) in [5.74, 6) is 0. The number of nitrogens with one attached hydrogen (secondary N) is 1. The van der Waals surface area contributed by atoms with E-state index in [-0.39, 0.29) is 6.61 Å². The molecule has 0 aliphatic rings. The molecule has 0 aliphatic carbocycles. The minimum Gasteiger partial charge on any atom is -0.396 e. The van der Waals surface area contributed by atoms with E-state index in [0.29, 0.717) is 0 Å². The summed E-state index contributed by atoms with van der Waals surface area (Å²) in [6.45, 7) is 2.10. The third kappa shape index (κ3) is 3.51. The van der Waals surface area contributed by atoms with Crippen molar-refractivity contribution in [3.05, 3.63) is 22.4 Å². The number of aliphatic hydroxyl groups is 1. The molecule has 0 fully saturated rings. The molecule has 62 valence electrons. The maximum Gasteiger partial charge on any atom is 0.0443 e. The van der Waals surface area contributed by atoms with E-state index in [9.17, 15) is 0 Å². The van der Waals surface area contributed by atoms with Crippen LogP contribution in [0.3, 0.4) is 0 Å². The van der Waals surface area contributed by atoms with Crippen molar-refractivity contribution in [1.29, 1.82) is 0 Å². The van der Waals surface area contributed by atoms with Gasteiger partial charge in [-0.05, 0) is 24.4 Å². The average Bonchev–Trinajstić information content (AvgIpc) is 2.50. The van der Waals surface area contributed by atoms with Crippen LogP contribution < -0.4 is 5.32 Å². The molecule has 0 unspecified atom stereocenters. The highest BCUT2D eigenvalue weighted by atomic mass is 32.1. The highest BCUT2D eigenvalue weighted by molar-refractivity contribution is 7.09. The number of aliphatic hydroxyl groups excluding tert-OH is 1. The molecule has 0 radical (unpaired) electrons. The first-order chi connectivity index (χ1) is 5.43. The predicted molar refractivity (Wildman–Crippen MR) is 47.7 cm³/mol. The second-order valence-electron chi connectivity index (χ2n) is 2.33. The molecule has 1 aromatic rings. The van der Waals surface area contributed by atoms with E-state index in [2.05, 4.69) is 16.8 Å². The topological polar surface area (TPSA) is 32.3 Å². The van der Waals surface area contributed by atoms with Gasteiger partial charge in [0.05, 0.1) is 0 Å². The zero-order chi connectivity index (χ0) is 7.94. The maximum absolute atomic E-state index is 8.49. The molecule has 0 aromatic carbocycles. The third-order valence-corrected chi connectivity index (χ3v) is 2.27. The van der Waals surface area contributed by atoms with Crippen molar-refractivity contribution in [2.24, 2.45) is 0 Å². The smallest absolute Gasteiger partial charge is 0.0443 e. The van der Waals surface area contributed by atoms with Crippen molar-refractivity contribution < 1.29 is 5.11 Å². The second-order valence-corrected chi connectivity index (χ2v) is 3.37. The van der Waals surface area contributed by atoms with Gasteiger partial charge < -0.3 is 10.4 Å². The first kappa shape index (κ1) is 8.71. The van der Waals surface area contributed by atoms with Crippen molar-refractivity contribution in [2.75, 3.05) is 13.2 Å². The van der Waals surface area contributed by atoms with Crippen LogP contribution in [-0.4, -0.2) is 18.3 Å². The Morgan fingerprint density at radius 1 is 1.55 bits per heavy atom. The summed E-state index contributed by atoms with van der Waals surface area (Å²) in [4.78, 5) is 1.35. The molecule has 0 bridgehead atoms. The minimum atomic E-state index is 0.275. The second kappa shape index (κ2) is 5.29. The summed E-state index contributed by atoms with van der Waals surface area (Å²) >= 11 is 1.76. The van der Waals surface area contributed by atoms with Crippen LogP contribution >= 0.6 is 11.3 Å². The lowest BCUT2D eigenvalue weighted by molar-refractivity contribution is 0.286. The highest BCUT2D eigenvalue weighted by Crippen LogP contribution is 2.06. The van der Waals surface area contributed by atoms with Crippen molar-refractivity contribution in [3.8, 4) is 0 Å². The Balaban J connectivity index is 2.04. The van der Waals surface area contributed by atoms with E-state index in [0.717, 1.165) is 19.5 Å². The average molecular weight is 171 g/mol. The summed E-state index contributed by atoms with van der Waals surface area (Å²) in [5.41, 5.74) is 0. The monoisotopic (exact) mass is 171 g/mol. The fourth-order valence-corrected chi connectivity index (χ4v) is 1.50. The normalized spacial score (nSPS) is 10.3. The number of thiophene rings is 1. The highest BCUT2D eigenvalue weighted by Gasteiger charge is 1.90. The van der Waals surface area contributed by atoms with Gasteiger partial charge in [0, 0.05) is 18.0 Å². The molecule has 0 saturated heterocycles. The molecule has 1 rings (SSSR count). The molecule has 11 heavy (non-hydrogen) atoms. The fourth-order valence-electron chi connectivity index (χ4n) is 0.829. The SMILES string of the molecule is OCCCNCc1cccs1. The van der Waals surface area contributed by atoms with Gasteiger partial charge in [-0.15, -0.1) is 11.3 Å². The zero-order valence-corrected chi connectivity index (χ0v) is 7.23. The first-order valence-corrected chi connectivity index (χ1v) is 4.65. The Morgan fingerprint density at radius 2 is 2.45 bits per heavy atom. The Morgan fingerprint density at radius 3 is 3.09 bits per heavy atom. The summed E-state index contributed by atoms with van der Waals surface area (Å²) in [6, 6.07) is 4.16. The fraction of sp³-hybridized carbons (Fsp3) is 0.500. The van der Waals surface area contributed by atoms with Gasteiger partial charge in [-0.2, -0.15) is 0 Å². The molecule has 0 aliphatic heterocycles. The molecular formula is C8H13NOS. The summed E-state index contributed by atoms with van der Waals surface area (Å²) in [7, 11) is 0. The Labute approximate surface area is 70.9 Å². The quantitative estimate of drug-likeness (QED) is 0.653. The number of hydrogen-bond acceptors (Lipinski definition) is 3. The molecule has 0 saturated carbocycles. The van der Waals surface area contributed by atoms with Crippen molar-refractivity contribution in [3.63, 3.8) is 0 Å². The molecule has 0 amide bonds. The van der Waals surface area contributed by atoms with Gasteiger partial charge in [0.1, 0.15) is 0 Å². The van der Waals surface area contributed by atoms with Gasteiger partial charge >= 0.3 is 0 Å². The number of rotatable bonds is 5. The lowest BCUT2D eigenvalue weighted by atomic mass is 10.4. The van der Waals surface area contributed by atoms with Crippen LogP contribution in [0, 0.1) is 0 Å². The van der Waals surface area contributed by atoms with Gasteiger partial charge in [-0.1, -0.05) is 6.07 Å². The molecule has 2 nitrogen and oxygen atoms in total. The van der Waals surface area contributed by atoms with E-state index < -0.39 is 0 Å². The van der Waals surface area contributed by atoms with Gasteiger partial charge in [0.15, 0.2) is 0 Å². The van der Waals surface area contributed by atoms with Crippen LogP contribution in [0.25, 0.3) is 0 Å². The third-order valence-electron chi connectivity index (χ3n) is 1.39. The Kier molecular flexibility index (Phi) is 4.19. The van der Waals surface area contributed by atoms with Crippen LogP contribution in [0.5, 0.6) is 0 Å².